The van der Waals surface area contributed by atoms with Crippen LogP contribution in [0.5, 0.6) is 0 Å². The first-order valence-corrected chi connectivity index (χ1v) is 12.9. The predicted molar refractivity (Wildman–Crippen MR) is 118 cm³/mol. The lowest BCUT2D eigenvalue weighted by atomic mass is 9.44. The third-order valence-electron chi connectivity index (χ3n) is 11.0. The first-order chi connectivity index (χ1) is 13.8. The summed E-state index contributed by atoms with van der Waals surface area (Å²) >= 11 is 0. The maximum atomic E-state index is 10.3. The summed E-state index contributed by atoms with van der Waals surface area (Å²) in [7, 11) is 0.0198. The number of aliphatic hydroxyl groups is 1. The van der Waals surface area contributed by atoms with Crippen LogP contribution in [0.4, 0.5) is 0 Å². The maximum Gasteiger partial charge on any atom is 0.457 e. The molecule has 9 unspecified atom stereocenters. The minimum atomic E-state index is -0.0540. The lowest BCUT2D eigenvalue weighted by Gasteiger charge is -2.62. The van der Waals surface area contributed by atoms with Crippen LogP contribution in [0.2, 0.25) is 6.32 Å². The fourth-order valence-electron chi connectivity index (χ4n) is 9.32. The van der Waals surface area contributed by atoms with E-state index in [9.17, 15) is 5.11 Å². The fourth-order valence-corrected chi connectivity index (χ4v) is 9.32. The molecule has 1 heterocycles. The fraction of sp³-hybridized carbons (Fsp3) is 1.00. The van der Waals surface area contributed by atoms with Crippen LogP contribution < -0.4 is 0 Å². The monoisotopic (exact) mass is 402 g/mol. The average molecular weight is 402 g/mol. The van der Waals surface area contributed by atoms with Gasteiger partial charge in [-0.25, -0.2) is 0 Å². The van der Waals surface area contributed by atoms with Gasteiger partial charge in [-0.05, 0) is 100 Å². The average Bonchev–Trinajstić information content (AvgIpc) is 3.18. The van der Waals surface area contributed by atoms with Crippen molar-refractivity contribution in [3.63, 3.8) is 0 Å². The van der Waals surface area contributed by atoms with Crippen molar-refractivity contribution < 1.29 is 14.4 Å². The molecule has 1 aliphatic heterocycles. The smallest absolute Gasteiger partial charge is 0.406 e. The Morgan fingerprint density at radius 1 is 1.00 bits per heavy atom. The van der Waals surface area contributed by atoms with E-state index in [1.54, 1.807) is 0 Å². The zero-order valence-corrected chi connectivity index (χ0v) is 19.3. The molecule has 5 fully saturated rings. The summed E-state index contributed by atoms with van der Waals surface area (Å²) in [6, 6.07) is 0. The van der Waals surface area contributed by atoms with Crippen LogP contribution in [0.1, 0.15) is 98.3 Å². The number of hydrogen-bond donors (Lipinski definition) is 1. The zero-order chi connectivity index (χ0) is 20.4. The van der Waals surface area contributed by atoms with Gasteiger partial charge in [0.2, 0.25) is 0 Å². The highest BCUT2D eigenvalue weighted by atomic mass is 16.7. The van der Waals surface area contributed by atoms with Gasteiger partial charge in [0.15, 0.2) is 0 Å². The molecule has 9 atom stereocenters. The van der Waals surface area contributed by atoms with Crippen LogP contribution in [0.25, 0.3) is 0 Å². The van der Waals surface area contributed by atoms with Gasteiger partial charge in [-0.1, -0.05) is 33.6 Å². The number of rotatable bonds is 3. The van der Waals surface area contributed by atoms with Crippen LogP contribution in [-0.2, 0) is 9.31 Å². The second-order valence-corrected chi connectivity index (χ2v) is 11.9. The lowest BCUT2D eigenvalue weighted by Crippen LogP contribution is -2.58. The minimum Gasteiger partial charge on any atom is -0.406 e. The summed E-state index contributed by atoms with van der Waals surface area (Å²) in [5.74, 6) is 3.25. The van der Waals surface area contributed by atoms with Crippen molar-refractivity contribution >= 4 is 7.12 Å². The Bertz CT molecular complexity index is 627. The van der Waals surface area contributed by atoms with Gasteiger partial charge in [-0.15, -0.1) is 0 Å². The molecule has 0 aromatic heterocycles. The van der Waals surface area contributed by atoms with E-state index in [-0.39, 0.29) is 30.3 Å². The normalized spacial score (nSPS) is 54.3. The Hall–Kier alpha value is -0.0551. The summed E-state index contributed by atoms with van der Waals surface area (Å²) in [6.45, 7) is 9.71. The van der Waals surface area contributed by atoms with Crippen molar-refractivity contribution in [2.24, 2.45) is 34.5 Å². The molecule has 4 aliphatic carbocycles. The Kier molecular flexibility index (Phi) is 5.20. The van der Waals surface area contributed by atoms with Crippen LogP contribution in [0, 0.1) is 34.5 Å². The Balaban J connectivity index is 1.39. The molecule has 4 saturated carbocycles. The molecule has 0 radical (unpaired) electrons. The highest BCUT2D eigenvalue weighted by Crippen LogP contribution is 2.70. The Labute approximate surface area is 178 Å². The summed E-state index contributed by atoms with van der Waals surface area (Å²) in [5, 5.41) is 10.3. The first-order valence-electron chi connectivity index (χ1n) is 12.9. The largest absolute Gasteiger partial charge is 0.457 e. The van der Waals surface area contributed by atoms with Crippen LogP contribution in [0.15, 0.2) is 0 Å². The number of hydrogen-bond acceptors (Lipinski definition) is 3. The zero-order valence-electron chi connectivity index (χ0n) is 19.3. The van der Waals surface area contributed by atoms with E-state index >= 15 is 0 Å². The second kappa shape index (κ2) is 7.24. The van der Waals surface area contributed by atoms with Gasteiger partial charge in [0.1, 0.15) is 0 Å². The van der Waals surface area contributed by atoms with Crippen molar-refractivity contribution in [1.82, 2.24) is 0 Å². The third kappa shape index (κ3) is 2.87. The standard InChI is InChI=1S/C25H43BO3/c1-5-6-15-26-28-17(2)25(29-26)14-11-22-20-8-7-18-16-19(27)9-12-23(18,3)21(20)10-13-24(22,25)4/h17-22,27H,5-16H2,1-4H3. The van der Waals surface area contributed by atoms with Gasteiger partial charge < -0.3 is 14.4 Å². The molecule has 0 amide bonds. The summed E-state index contributed by atoms with van der Waals surface area (Å²) in [4.78, 5) is 0. The van der Waals surface area contributed by atoms with Crippen molar-refractivity contribution in [2.75, 3.05) is 0 Å². The predicted octanol–water partition coefficient (Wildman–Crippen LogP) is 5.85. The summed E-state index contributed by atoms with van der Waals surface area (Å²) < 4.78 is 13.3. The molecule has 5 aliphatic rings. The molecule has 1 N–H and O–H groups in total. The van der Waals surface area contributed by atoms with Gasteiger partial charge in [0, 0.05) is 5.41 Å². The van der Waals surface area contributed by atoms with E-state index in [4.69, 9.17) is 9.31 Å². The molecule has 3 nitrogen and oxygen atoms in total. The van der Waals surface area contributed by atoms with Crippen molar-refractivity contribution in [3.8, 4) is 0 Å². The molecule has 0 bridgehead atoms. The molecule has 0 aromatic carbocycles. The van der Waals surface area contributed by atoms with E-state index in [0.717, 1.165) is 42.8 Å². The number of aliphatic hydroxyl groups excluding tert-OH is 1. The quantitative estimate of drug-likeness (QED) is 0.602. The molecule has 1 saturated heterocycles. The molecular formula is C25H43BO3. The highest BCUT2D eigenvalue weighted by molar-refractivity contribution is 6.45. The van der Waals surface area contributed by atoms with E-state index < -0.39 is 0 Å². The van der Waals surface area contributed by atoms with E-state index in [2.05, 4.69) is 27.7 Å². The Morgan fingerprint density at radius 2 is 1.79 bits per heavy atom. The molecule has 5 rings (SSSR count). The van der Waals surface area contributed by atoms with E-state index in [0.29, 0.717) is 5.41 Å². The molecular weight excluding hydrogens is 359 g/mol. The number of fused-ring (bicyclic) bond motifs is 6. The minimum absolute atomic E-state index is 0.0198. The van der Waals surface area contributed by atoms with E-state index in [1.807, 2.05) is 0 Å². The van der Waals surface area contributed by atoms with Gasteiger partial charge in [0.05, 0.1) is 17.8 Å². The van der Waals surface area contributed by atoms with Crippen molar-refractivity contribution in [3.05, 3.63) is 0 Å². The van der Waals surface area contributed by atoms with Crippen LogP contribution in [-0.4, -0.2) is 30.0 Å². The van der Waals surface area contributed by atoms with Crippen LogP contribution in [0.3, 0.4) is 0 Å². The van der Waals surface area contributed by atoms with Gasteiger partial charge in [-0.3, -0.25) is 0 Å². The maximum absolute atomic E-state index is 10.3. The lowest BCUT2D eigenvalue weighted by molar-refractivity contribution is -0.155. The van der Waals surface area contributed by atoms with Gasteiger partial charge in [0.25, 0.3) is 0 Å². The molecule has 164 valence electrons. The molecule has 29 heavy (non-hydrogen) atoms. The topological polar surface area (TPSA) is 38.7 Å². The number of unbranched alkanes of at least 4 members (excludes halogenated alkanes) is 1. The van der Waals surface area contributed by atoms with Crippen LogP contribution >= 0.6 is 0 Å². The second-order valence-electron chi connectivity index (χ2n) is 11.9. The van der Waals surface area contributed by atoms with Gasteiger partial charge >= 0.3 is 7.12 Å². The summed E-state index contributed by atoms with van der Waals surface area (Å²) in [5.41, 5.74) is 0.676. The Morgan fingerprint density at radius 3 is 2.59 bits per heavy atom. The highest BCUT2D eigenvalue weighted by Gasteiger charge is 2.69. The van der Waals surface area contributed by atoms with E-state index in [1.165, 1.54) is 57.8 Å². The van der Waals surface area contributed by atoms with Crippen molar-refractivity contribution in [2.45, 2.75) is 122 Å². The third-order valence-corrected chi connectivity index (χ3v) is 11.0. The molecule has 4 heteroatoms. The molecule has 1 spiro atoms. The van der Waals surface area contributed by atoms with Gasteiger partial charge in [-0.2, -0.15) is 0 Å². The summed E-state index contributed by atoms with van der Waals surface area (Å²) in [6.07, 6.45) is 14.9. The van der Waals surface area contributed by atoms with Crippen molar-refractivity contribution in [1.29, 1.82) is 0 Å². The SMILES string of the molecule is CCCCB1OC(C)C2(CCC3C4CCC5CC(O)CCC5(C)C4CCC32C)O1. The molecule has 0 aromatic rings. The first kappa shape index (κ1) is 20.8.